The Morgan fingerprint density at radius 1 is 1.35 bits per heavy atom. The maximum atomic E-state index is 14.1. The molecule has 1 fully saturated rings. The van der Waals surface area contributed by atoms with Crippen LogP contribution < -0.4 is 5.32 Å². The van der Waals surface area contributed by atoms with Gasteiger partial charge in [-0.1, -0.05) is 12.1 Å². The molecule has 0 saturated carbocycles. The van der Waals surface area contributed by atoms with Gasteiger partial charge in [0.2, 0.25) is 5.91 Å². The van der Waals surface area contributed by atoms with Crippen LogP contribution in [0.5, 0.6) is 0 Å². The lowest BCUT2D eigenvalue weighted by atomic mass is 9.92. The molecule has 1 N–H and O–H groups in total. The summed E-state index contributed by atoms with van der Waals surface area (Å²) in [6, 6.07) is 6.56. The minimum atomic E-state index is -0.296. The lowest BCUT2D eigenvalue weighted by Gasteiger charge is -2.24. The number of rotatable bonds is 5. The Hall–Kier alpha value is -2.25. The molecule has 2 heterocycles. The number of nitrogens with zero attached hydrogens (tertiary/aromatic N) is 3. The minimum absolute atomic E-state index is 0.0111. The van der Waals surface area contributed by atoms with Crippen LogP contribution in [0.2, 0.25) is 0 Å². The Bertz CT molecular complexity index is 786. The molecule has 6 nitrogen and oxygen atoms in total. The van der Waals surface area contributed by atoms with Crippen molar-refractivity contribution in [3.8, 4) is 5.69 Å². The van der Waals surface area contributed by atoms with Crippen LogP contribution in [0.3, 0.4) is 0 Å². The first-order valence-corrected chi connectivity index (χ1v) is 9.21. The molecule has 1 amide bonds. The van der Waals surface area contributed by atoms with Gasteiger partial charge in [0.15, 0.2) is 0 Å². The SMILES string of the molecule is O=C(CCN1CCCO1)N[C@H]1CCCc2c1cnn2-c1ccccc1F. The maximum Gasteiger partial charge on any atom is 0.221 e. The molecule has 2 aliphatic rings. The molecule has 1 aromatic carbocycles. The number of hydrogen-bond acceptors (Lipinski definition) is 4. The molecule has 1 aliphatic heterocycles. The van der Waals surface area contributed by atoms with Crippen LogP contribution in [0, 0.1) is 5.82 Å². The highest BCUT2D eigenvalue weighted by Crippen LogP contribution is 2.31. The first-order chi connectivity index (χ1) is 12.7. The van der Waals surface area contributed by atoms with Gasteiger partial charge in [0.05, 0.1) is 18.8 Å². The average Bonchev–Trinajstić information content (AvgIpc) is 3.31. The highest BCUT2D eigenvalue weighted by molar-refractivity contribution is 5.76. The number of fused-ring (bicyclic) bond motifs is 1. The lowest BCUT2D eigenvalue weighted by Crippen LogP contribution is -2.33. The van der Waals surface area contributed by atoms with E-state index in [4.69, 9.17) is 4.84 Å². The highest BCUT2D eigenvalue weighted by Gasteiger charge is 2.27. The summed E-state index contributed by atoms with van der Waals surface area (Å²) < 4.78 is 15.8. The van der Waals surface area contributed by atoms with E-state index in [2.05, 4.69) is 10.4 Å². The number of nitrogens with one attached hydrogen (secondary N) is 1. The Kier molecular flexibility index (Phi) is 4.99. The molecule has 1 saturated heterocycles. The molecule has 0 unspecified atom stereocenters. The highest BCUT2D eigenvalue weighted by atomic mass is 19.1. The third-order valence-corrected chi connectivity index (χ3v) is 5.01. The summed E-state index contributed by atoms with van der Waals surface area (Å²) >= 11 is 0. The number of benzene rings is 1. The zero-order valence-corrected chi connectivity index (χ0v) is 14.7. The second-order valence-electron chi connectivity index (χ2n) is 6.79. The zero-order valence-electron chi connectivity index (χ0n) is 14.7. The van der Waals surface area contributed by atoms with Crippen LogP contribution in [-0.2, 0) is 16.1 Å². The van der Waals surface area contributed by atoms with Crippen molar-refractivity contribution in [2.45, 2.75) is 38.1 Å². The van der Waals surface area contributed by atoms with E-state index in [1.54, 1.807) is 29.1 Å². The molecule has 1 aromatic heterocycles. The van der Waals surface area contributed by atoms with Gasteiger partial charge in [-0.15, -0.1) is 0 Å². The fourth-order valence-corrected chi connectivity index (χ4v) is 3.71. The number of carbonyl (C=O) groups excluding carboxylic acids is 1. The molecule has 1 aliphatic carbocycles. The van der Waals surface area contributed by atoms with Crippen LogP contribution in [0.25, 0.3) is 5.69 Å². The number of hydrogen-bond donors (Lipinski definition) is 1. The van der Waals surface area contributed by atoms with Gasteiger partial charge >= 0.3 is 0 Å². The van der Waals surface area contributed by atoms with E-state index < -0.39 is 0 Å². The summed E-state index contributed by atoms with van der Waals surface area (Å²) in [6.45, 7) is 2.24. The first-order valence-electron chi connectivity index (χ1n) is 9.21. The van der Waals surface area contributed by atoms with Crippen molar-refractivity contribution in [2.75, 3.05) is 19.7 Å². The average molecular weight is 358 g/mol. The Morgan fingerprint density at radius 2 is 2.23 bits per heavy atom. The molecule has 2 aromatic rings. The zero-order chi connectivity index (χ0) is 17.9. The van der Waals surface area contributed by atoms with Gasteiger partial charge in [0.25, 0.3) is 0 Å². The molecule has 0 bridgehead atoms. The quantitative estimate of drug-likeness (QED) is 0.892. The van der Waals surface area contributed by atoms with Gasteiger partial charge in [-0.25, -0.2) is 9.07 Å². The topological polar surface area (TPSA) is 59.4 Å². The minimum Gasteiger partial charge on any atom is -0.349 e. The molecular weight excluding hydrogens is 335 g/mol. The van der Waals surface area contributed by atoms with E-state index >= 15 is 0 Å². The van der Waals surface area contributed by atoms with Crippen molar-refractivity contribution in [1.29, 1.82) is 0 Å². The molecule has 0 radical (unpaired) electrons. The number of carbonyl (C=O) groups is 1. The van der Waals surface area contributed by atoms with E-state index in [0.29, 0.717) is 18.7 Å². The van der Waals surface area contributed by atoms with Crippen LogP contribution >= 0.6 is 0 Å². The van der Waals surface area contributed by atoms with Gasteiger partial charge in [-0.05, 0) is 37.8 Å². The second kappa shape index (κ2) is 7.55. The molecule has 7 heteroatoms. The molecule has 138 valence electrons. The number of halogens is 1. The third-order valence-electron chi connectivity index (χ3n) is 5.01. The van der Waals surface area contributed by atoms with E-state index in [0.717, 1.165) is 50.1 Å². The summed E-state index contributed by atoms with van der Waals surface area (Å²) in [4.78, 5) is 17.7. The smallest absolute Gasteiger partial charge is 0.221 e. The summed E-state index contributed by atoms with van der Waals surface area (Å²) in [6.07, 6.45) is 5.83. The predicted octanol–water partition coefficient (Wildman–Crippen LogP) is 2.53. The predicted molar refractivity (Wildman–Crippen MR) is 94.1 cm³/mol. The summed E-state index contributed by atoms with van der Waals surface area (Å²) in [7, 11) is 0. The van der Waals surface area contributed by atoms with E-state index in [1.807, 2.05) is 5.06 Å². The van der Waals surface area contributed by atoms with E-state index in [9.17, 15) is 9.18 Å². The van der Waals surface area contributed by atoms with Gasteiger partial charge in [-0.3, -0.25) is 9.63 Å². The van der Waals surface area contributed by atoms with E-state index in [-0.39, 0.29) is 17.8 Å². The van der Waals surface area contributed by atoms with Crippen molar-refractivity contribution in [3.63, 3.8) is 0 Å². The number of hydroxylamine groups is 2. The summed E-state index contributed by atoms with van der Waals surface area (Å²) in [5, 5.41) is 9.35. The van der Waals surface area contributed by atoms with Crippen LogP contribution in [-0.4, -0.2) is 40.4 Å². The van der Waals surface area contributed by atoms with Crippen molar-refractivity contribution < 1.29 is 14.0 Å². The van der Waals surface area contributed by atoms with Crippen molar-refractivity contribution in [2.24, 2.45) is 0 Å². The maximum absolute atomic E-state index is 14.1. The molecule has 26 heavy (non-hydrogen) atoms. The van der Waals surface area contributed by atoms with Crippen LogP contribution in [0.1, 0.15) is 43.0 Å². The first kappa shape index (κ1) is 17.2. The van der Waals surface area contributed by atoms with Crippen molar-refractivity contribution >= 4 is 5.91 Å². The van der Waals surface area contributed by atoms with Gasteiger partial charge < -0.3 is 5.32 Å². The normalized spacial score (nSPS) is 20.1. The number of para-hydroxylation sites is 1. The molecular formula is C19H23FN4O2. The third kappa shape index (κ3) is 3.50. The number of aromatic nitrogens is 2. The van der Waals surface area contributed by atoms with Crippen molar-refractivity contribution in [3.05, 3.63) is 47.5 Å². The Balaban J connectivity index is 1.46. The standard InChI is InChI=1S/C19H23FN4O2/c20-15-5-1-2-7-18(15)24-17-8-3-6-16(14(17)13-21-24)22-19(25)9-11-23-10-4-12-26-23/h1-2,5,7,13,16H,3-4,6,8-12H2,(H,22,25)/t16-/m0/s1. The summed E-state index contributed by atoms with van der Waals surface area (Å²) in [5.41, 5.74) is 2.42. The largest absolute Gasteiger partial charge is 0.349 e. The second-order valence-corrected chi connectivity index (χ2v) is 6.79. The van der Waals surface area contributed by atoms with Crippen molar-refractivity contribution in [1.82, 2.24) is 20.2 Å². The molecule has 4 rings (SSSR count). The number of amides is 1. The van der Waals surface area contributed by atoms with E-state index in [1.165, 1.54) is 6.07 Å². The fraction of sp³-hybridized carbons (Fsp3) is 0.474. The summed E-state index contributed by atoms with van der Waals surface area (Å²) in [5.74, 6) is -0.285. The lowest BCUT2D eigenvalue weighted by molar-refractivity contribution is -0.131. The van der Waals surface area contributed by atoms with Gasteiger partial charge in [-0.2, -0.15) is 10.2 Å². The Morgan fingerprint density at radius 3 is 3.04 bits per heavy atom. The van der Waals surface area contributed by atoms with Gasteiger partial charge in [0, 0.05) is 30.8 Å². The molecule has 0 spiro atoms. The Labute approximate surface area is 151 Å². The monoisotopic (exact) mass is 358 g/mol. The fourth-order valence-electron chi connectivity index (χ4n) is 3.71. The van der Waals surface area contributed by atoms with Crippen LogP contribution in [0.15, 0.2) is 30.5 Å². The van der Waals surface area contributed by atoms with Crippen LogP contribution in [0.4, 0.5) is 4.39 Å². The molecule has 1 atom stereocenters. The van der Waals surface area contributed by atoms with Gasteiger partial charge in [0.1, 0.15) is 11.5 Å².